The summed E-state index contributed by atoms with van der Waals surface area (Å²) < 4.78 is 0. The normalized spacial score (nSPS) is 10.7. The average Bonchev–Trinajstić information content (AvgIpc) is 2.25. The first-order valence-corrected chi connectivity index (χ1v) is 5.98. The molecule has 0 aromatic heterocycles. The summed E-state index contributed by atoms with van der Waals surface area (Å²) in [5.74, 6) is 0.0594. The van der Waals surface area contributed by atoms with E-state index in [1.807, 2.05) is 13.8 Å². The Bertz CT molecular complexity index is 368. The van der Waals surface area contributed by atoms with E-state index in [1.54, 1.807) is 0 Å². The number of nitrogens with two attached hydrogens (primary N) is 1. The molecule has 0 aliphatic rings. The number of halogens is 1. The van der Waals surface area contributed by atoms with Gasteiger partial charge in [-0.3, -0.25) is 4.79 Å². The van der Waals surface area contributed by atoms with E-state index in [4.69, 9.17) is 5.73 Å². The first kappa shape index (κ1) is 16.9. The van der Waals surface area contributed by atoms with E-state index in [0.29, 0.717) is 13.0 Å². The van der Waals surface area contributed by atoms with Crippen LogP contribution in [-0.2, 0) is 11.2 Å². The molecule has 0 atom stereocenters. The van der Waals surface area contributed by atoms with Crippen molar-refractivity contribution in [3.63, 3.8) is 0 Å². The number of amides is 1. The minimum Gasteiger partial charge on any atom is -0.354 e. The van der Waals surface area contributed by atoms with Gasteiger partial charge in [0.1, 0.15) is 0 Å². The summed E-state index contributed by atoms with van der Waals surface area (Å²) >= 11 is 0. The molecule has 102 valence electrons. The second kappa shape index (κ2) is 7.39. The van der Waals surface area contributed by atoms with Gasteiger partial charge in [-0.1, -0.05) is 29.8 Å². The summed E-state index contributed by atoms with van der Waals surface area (Å²) in [7, 11) is 0. The highest BCUT2D eigenvalue weighted by molar-refractivity contribution is 5.85. The van der Waals surface area contributed by atoms with Crippen molar-refractivity contribution in [3.8, 4) is 0 Å². The fraction of sp³-hybridized carbons (Fsp3) is 0.500. The second-order valence-electron chi connectivity index (χ2n) is 5.25. The summed E-state index contributed by atoms with van der Waals surface area (Å²) in [6, 6.07) is 8.26. The van der Waals surface area contributed by atoms with Gasteiger partial charge in [0.15, 0.2) is 0 Å². The highest BCUT2D eigenvalue weighted by Crippen LogP contribution is 2.05. The Morgan fingerprint density at radius 2 is 1.83 bits per heavy atom. The summed E-state index contributed by atoms with van der Waals surface area (Å²) in [4.78, 5) is 11.6. The van der Waals surface area contributed by atoms with Gasteiger partial charge in [-0.05, 0) is 32.8 Å². The van der Waals surface area contributed by atoms with Gasteiger partial charge in [0, 0.05) is 18.5 Å². The lowest BCUT2D eigenvalue weighted by molar-refractivity contribution is -0.121. The van der Waals surface area contributed by atoms with Crippen molar-refractivity contribution in [2.24, 2.45) is 5.73 Å². The second-order valence-corrected chi connectivity index (χ2v) is 5.25. The number of carbonyl (C=O) groups excluding carboxylic acids is 1. The zero-order chi connectivity index (χ0) is 12.9. The molecule has 0 saturated carbocycles. The monoisotopic (exact) mass is 270 g/mol. The van der Waals surface area contributed by atoms with Crippen molar-refractivity contribution < 1.29 is 4.79 Å². The summed E-state index contributed by atoms with van der Waals surface area (Å²) in [6.07, 6.45) is 1.29. The van der Waals surface area contributed by atoms with E-state index in [-0.39, 0.29) is 23.9 Å². The summed E-state index contributed by atoms with van der Waals surface area (Å²) in [5.41, 5.74) is 7.88. The van der Waals surface area contributed by atoms with E-state index >= 15 is 0 Å². The van der Waals surface area contributed by atoms with Crippen LogP contribution in [0.1, 0.15) is 31.4 Å². The van der Waals surface area contributed by atoms with Crippen molar-refractivity contribution in [3.05, 3.63) is 35.4 Å². The van der Waals surface area contributed by atoms with Crippen molar-refractivity contribution >= 4 is 18.3 Å². The largest absolute Gasteiger partial charge is 0.354 e. The molecule has 0 heterocycles. The lowest BCUT2D eigenvalue weighted by Crippen LogP contribution is -2.45. The Morgan fingerprint density at radius 3 is 2.33 bits per heavy atom. The molecular weight excluding hydrogens is 248 g/mol. The average molecular weight is 271 g/mol. The lowest BCUT2D eigenvalue weighted by atomic mass is 10.1. The van der Waals surface area contributed by atoms with Gasteiger partial charge in [-0.15, -0.1) is 12.4 Å². The molecular formula is C14H23ClN2O. The standard InChI is InChI=1S/C14H22N2O.ClH/c1-11-4-6-12(7-5-11)8-9-13(17)16-10-14(2,3)15;/h4-7H,8-10,15H2,1-3H3,(H,16,17);1H. The first-order chi connectivity index (χ1) is 7.87. The van der Waals surface area contributed by atoms with Gasteiger partial charge < -0.3 is 11.1 Å². The molecule has 0 unspecified atom stereocenters. The Morgan fingerprint density at radius 1 is 1.28 bits per heavy atom. The van der Waals surface area contributed by atoms with Crippen LogP contribution in [0.25, 0.3) is 0 Å². The van der Waals surface area contributed by atoms with Gasteiger partial charge in [0.05, 0.1) is 0 Å². The maximum Gasteiger partial charge on any atom is 0.220 e. The van der Waals surface area contributed by atoms with Crippen LogP contribution in [0, 0.1) is 6.92 Å². The number of hydrogen-bond acceptors (Lipinski definition) is 2. The predicted octanol–water partition coefficient (Wildman–Crippen LogP) is 2.20. The number of aryl methyl sites for hydroxylation is 2. The first-order valence-electron chi connectivity index (χ1n) is 5.98. The Hall–Kier alpha value is -1.06. The van der Waals surface area contributed by atoms with Crippen LogP contribution >= 0.6 is 12.4 Å². The van der Waals surface area contributed by atoms with Gasteiger partial charge in [-0.2, -0.15) is 0 Å². The molecule has 1 aromatic rings. The summed E-state index contributed by atoms with van der Waals surface area (Å²) in [6.45, 7) is 6.36. The van der Waals surface area contributed by atoms with Crippen LogP contribution in [0.4, 0.5) is 0 Å². The highest BCUT2D eigenvalue weighted by atomic mass is 35.5. The van der Waals surface area contributed by atoms with Crippen LogP contribution in [0.5, 0.6) is 0 Å². The molecule has 0 aliphatic heterocycles. The zero-order valence-electron chi connectivity index (χ0n) is 11.3. The van der Waals surface area contributed by atoms with Crippen LogP contribution in [0.15, 0.2) is 24.3 Å². The third-order valence-electron chi connectivity index (χ3n) is 2.50. The predicted molar refractivity (Wildman–Crippen MR) is 78.0 cm³/mol. The molecule has 0 bridgehead atoms. The molecule has 3 N–H and O–H groups in total. The maximum atomic E-state index is 11.6. The fourth-order valence-electron chi connectivity index (χ4n) is 1.43. The van der Waals surface area contributed by atoms with E-state index in [9.17, 15) is 4.79 Å². The molecule has 1 rings (SSSR count). The molecule has 0 radical (unpaired) electrons. The smallest absolute Gasteiger partial charge is 0.220 e. The highest BCUT2D eigenvalue weighted by Gasteiger charge is 2.11. The molecule has 0 aliphatic carbocycles. The fourth-order valence-corrected chi connectivity index (χ4v) is 1.43. The van der Waals surface area contributed by atoms with Gasteiger partial charge >= 0.3 is 0 Å². The molecule has 0 fully saturated rings. The Labute approximate surface area is 116 Å². The lowest BCUT2D eigenvalue weighted by Gasteiger charge is -2.18. The molecule has 0 spiro atoms. The number of carbonyl (C=O) groups is 1. The Kier molecular flexibility index (Phi) is 6.96. The maximum absolute atomic E-state index is 11.6. The number of nitrogens with one attached hydrogen (secondary N) is 1. The SMILES string of the molecule is Cc1ccc(CCC(=O)NCC(C)(C)N)cc1.Cl. The molecule has 1 amide bonds. The van der Waals surface area contributed by atoms with Crippen LogP contribution in [0.3, 0.4) is 0 Å². The Balaban J connectivity index is 0.00000289. The van der Waals surface area contributed by atoms with E-state index in [1.165, 1.54) is 11.1 Å². The minimum absolute atomic E-state index is 0. The van der Waals surface area contributed by atoms with Crippen molar-refractivity contribution in [1.82, 2.24) is 5.32 Å². The van der Waals surface area contributed by atoms with E-state index in [2.05, 4.69) is 36.5 Å². The topological polar surface area (TPSA) is 55.1 Å². The van der Waals surface area contributed by atoms with Crippen molar-refractivity contribution in [2.75, 3.05) is 6.54 Å². The molecule has 3 nitrogen and oxygen atoms in total. The van der Waals surface area contributed by atoms with Crippen LogP contribution < -0.4 is 11.1 Å². The van der Waals surface area contributed by atoms with E-state index < -0.39 is 0 Å². The zero-order valence-corrected chi connectivity index (χ0v) is 12.1. The molecule has 0 saturated heterocycles. The third kappa shape index (κ3) is 7.30. The van der Waals surface area contributed by atoms with Gasteiger partial charge in [-0.25, -0.2) is 0 Å². The summed E-state index contributed by atoms with van der Waals surface area (Å²) in [5, 5.41) is 2.84. The molecule has 4 heteroatoms. The van der Waals surface area contributed by atoms with Crippen molar-refractivity contribution in [1.29, 1.82) is 0 Å². The van der Waals surface area contributed by atoms with E-state index in [0.717, 1.165) is 6.42 Å². The minimum atomic E-state index is -0.348. The van der Waals surface area contributed by atoms with Crippen LogP contribution in [0.2, 0.25) is 0 Å². The van der Waals surface area contributed by atoms with Gasteiger partial charge in [0.2, 0.25) is 5.91 Å². The van der Waals surface area contributed by atoms with Crippen LogP contribution in [-0.4, -0.2) is 18.0 Å². The van der Waals surface area contributed by atoms with Crippen molar-refractivity contribution in [2.45, 2.75) is 39.2 Å². The number of benzene rings is 1. The molecule has 18 heavy (non-hydrogen) atoms. The van der Waals surface area contributed by atoms with Gasteiger partial charge in [0.25, 0.3) is 0 Å². The quantitative estimate of drug-likeness (QED) is 0.862. The number of rotatable bonds is 5. The molecule has 1 aromatic carbocycles. The third-order valence-corrected chi connectivity index (χ3v) is 2.50. The number of hydrogen-bond donors (Lipinski definition) is 2.